The molecule has 0 aliphatic rings. The summed E-state index contributed by atoms with van der Waals surface area (Å²) >= 11 is 0. The maximum atomic E-state index is 12.1. The fourth-order valence-corrected chi connectivity index (χ4v) is 2.99. The minimum atomic E-state index is -3.60. The summed E-state index contributed by atoms with van der Waals surface area (Å²) in [5.41, 5.74) is 6.74. The molecule has 1 aromatic rings. The quantitative estimate of drug-likeness (QED) is 0.515. The molecule has 0 atom stereocenters. The molecule has 0 bridgehead atoms. The Morgan fingerprint density at radius 3 is 2.58 bits per heavy atom. The topological polar surface area (TPSA) is 101 Å². The number of carbonyl (C=O) groups excluding carboxylic acids is 1. The molecule has 0 saturated heterocycles. The number of carbonyl (C=O) groups is 1. The summed E-state index contributed by atoms with van der Waals surface area (Å²) < 4.78 is 26.7. The molecule has 0 spiro atoms. The molecular formula is C12H19N3O3S. The zero-order chi connectivity index (χ0) is 14.5. The van der Waals surface area contributed by atoms with Gasteiger partial charge >= 0.3 is 0 Å². The Bertz CT molecular complexity index is 555. The standard InChI is InChI=1S/C12H19N3O3S/c1-3-10-4-5-11(13)8-12(10)19(17,18)15-7-6-14-9(2)16/h4-5,8,15H,3,6-7,13H2,1-2H3,(H,14,16). The van der Waals surface area contributed by atoms with Crippen molar-refractivity contribution in [3.8, 4) is 0 Å². The van der Waals surface area contributed by atoms with Gasteiger partial charge in [0.25, 0.3) is 0 Å². The van der Waals surface area contributed by atoms with Gasteiger partial charge in [-0.1, -0.05) is 13.0 Å². The molecule has 0 saturated carbocycles. The highest BCUT2D eigenvalue weighted by molar-refractivity contribution is 7.89. The van der Waals surface area contributed by atoms with Gasteiger partial charge in [0.2, 0.25) is 15.9 Å². The fraction of sp³-hybridized carbons (Fsp3) is 0.417. The van der Waals surface area contributed by atoms with Crippen molar-refractivity contribution < 1.29 is 13.2 Å². The van der Waals surface area contributed by atoms with E-state index in [1.807, 2.05) is 6.92 Å². The molecule has 0 fully saturated rings. The number of anilines is 1. The number of nitrogens with two attached hydrogens (primary N) is 1. The Hall–Kier alpha value is -1.60. The van der Waals surface area contributed by atoms with Gasteiger partial charge in [-0.2, -0.15) is 0 Å². The van der Waals surface area contributed by atoms with Crippen LogP contribution in [0.1, 0.15) is 19.4 Å². The highest BCUT2D eigenvalue weighted by atomic mass is 32.2. The third kappa shape index (κ3) is 4.53. The number of nitrogen functional groups attached to an aromatic ring is 1. The minimum absolute atomic E-state index is 0.139. The van der Waals surface area contributed by atoms with Gasteiger partial charge in [-0.25, -0.2) is 13.1 Å². The molecule has 1 amide bonds. The van der Waals surface area contributed by atoms with Gasteiger partial charge in [0.05, 0.1) is 4.90 Å². The third-order valence-electron chi connectivity index (χ3n) is 2.55. The van der Waals surface area contributed by atoms with Crippen molar-refractivity contribution in [1.29, 1.82) is 0 Å². The summed E-state index contributed by atoms with van der Waals surface area (Å²) in [7, 11) is -3.60. The number of nitrogens with one attached hydrogen (secondary N) is 2. The number of rotatable bonds is 6. The molecule has 19 heavy (non-hydrogen) atoms. The molecule has 1 rings (SSSR count). The SMILES string of the molecule is CCc1ccc(N)cc1S(=O)(=O)NCCNC(C)=O. The van der Waals surface area contributed by atoms with Crippen molar-refractivity contribution in [3.63, 3.8) is 0 Å². The van der Waals surface area contributed by atoms with Gasteiger partial charge in [-0.15, -0.1) is 0 Å². The van der Waals surface area contributed by atoms with Crippen molar-refractivity contribution >= 4 is 21.6 Å². The lowest BCUT2D eigenvalue weighted by Gasteiger charge is -2.11. The van der Waals surface area contributed by atoms with Gasteiger partial charge in [-0.05, 0) is 24.1 Å². The molecule has 106 valence electrons. The molecule has 0 unspecified atom stereocenters. The number of amides is 1. The van der Waals surface area contributed by atoms with E-state index in [1.165, 1.54) is 13.0 Å². The van der Waals surface area contributed by atoms with Crippen molar-refractivity contribution in [3.05, 3.63) is 23.8 Å². The van der Waals surface area contributed by atoms with Gasteiger partial charge < -0.3 is 11.1 Å². The van der Waals surface area contributed by atoms with Crippen LogP contribution in [0.4, 0.5) is 5.69 Å². The molecule has 6 nitrogen and oxygen atoms in total. The number of hydrogen-bond acceptors (Lipinski definition) is 4. The second-order valence-electron chi connectivity index (χ2n) is 4.10. The van der Waals surface area contributed by atoms with Crippen LogP contribution < -0.4 is 15.8 Å². The first-order valence-electron chi connectivity index (χ1n) is 5.99. The Morgan fingerprint density at radius 1 is 1.32 bits per heavy atom. The second kappa shape index (κ2) is 6.53. The van der Waals surface area contributed by atoms with Crippen LogP contribution in [-0.4, -0.2) is 27.4 Å². The first-order valence-corrected chi connectivity index (χ1v) is 7.47. The normalized spacial score (nSPS) is 11.3. The highest BCUT2D eigenvalue weighted by Crippen LogP contribution is 2.19. The summed E-state index contributed by atoms with van der Waals surface area (Å²) in [6, 6.07) is 4.83. The predicted octanol–water partition coefficient (Wildman–Crippen LogP) is 0.246. The molecule has 0 aliphatic heterocycles. The van der Waals surface area contributed by atoms with E-state index in [9.17, 15) is 13.2 Å². The average molecular weight is 285 g/mol. The molecule has 0 aliphatic carbocycles. The van der Waals surface area contributed by atoms with E-state index in [1.54, 1.807) is 12.1 Å². The predicted molar refractivity (Wildman–Crippen MR) is 74.1 cm³/mol. The molecule has 0 radical (unpaired) electrons. The molecular weight excluding hydrogens is 266 g/mol. The monoisotopic (exact) mass is 285 g/mol. The van der Waals surface area contributed by atoms with Gasteiger partial charge in [0.1, 0.15) is 0 Å². The Morgan fingerprint density at radius 2 is 2.00 bits per heavy atom. The van der Waals surface area contributed by atoms with Gasteiger partial charge in [0, 0.05) is 25.7 Å². The van der Waals surface area contributed by atoms with E-state index in [-0.39, 0.29) is 23.9 Å². The van der Waals surface area contributed by atoms with Crippen LogP contribution in [0.5, 0.6) is 0 Å². The first kappa shape index (κ1) is 15.5. The van der Waals surface area contributed by atoms with Crippen LogP contribution >= 0.6 is 0 Å². The van der Waals surface area contributed by atoms with Crippen molar-refractivity contribution in [2.75, 3.05) is 18.8 Å². The summed E-state index contributed by atoms with van der Waals surface area (Å²) in [6.45, 7) is 3.64. The number of benzene rings is 1. The molecule has 0 aromatic heterocycles. The van der Waals surface area contributed by atoms with E-state index in [0.29, 0.717) is 17.7 Å². The summed E-state index contributed by atoms with van der Waals surface area (Å²) in [5.74, 6) is -0.197. The molecule has 0 heterocycles. The average Bonchev–Trinajstić information content (AvgIpc) is 2.34. The van der Waals surface area contributed by atoms with Gasteiger partial charge in [-0.3, -0.25) is 4.79 Å². The summed E-state index contributed by atoms with van der Waals surface area (Å²) in [5, 5.41) is 2.52. The van der Waals surface area contributed by atoms with Gasteiger partial charge in [0.15, 0.2) is 0 Å². The lowest BCUT2D eigenvalue weighted by Crippen LogP contribution is -2.34. The van der Waals surface area contributed by atoms with Crippen LogP contribution in [-0.2, 0) is 21.2 Å². The minimum Gasteiger partial charge on any atom is -0.399 e. The van der Waals surface area contributed by atoms with E-state index >= 15 is 0 Å². The van der Waals surface area contributed by atoms with Crippen molar-refractivity contribution in [1.82, 2.24) is 10.0 Å². The lowest BCUT2D eigenvalue weighted by atomic mass is 10.1. The van der Waals surface area contributed by atoms with Crippen LogP contribution in [0.3, 0.4) is 0 Å². The number of sulfonamides is 1. The molecule has 1 aromatic carbocycles. The van der Waals surface area contributed by atoms with E-state index < -0.39 is 10.0 Å². The zero-order valence-corrected chi connectivity index (χ0v) is 11.9. The Labute approximate surface area is 113 Å². The summed E-state index contributed by atoms with van der Waals surface area (Å²) in [6.07, 6.45) is 0.599. The van der Waals surface area contributed by atoms with Crippen LogP contribution in [0.25, 0.3) is 0 Å². The largest absolute Gasteiger partial charge is 0.399 e. The maximum absolute atomic E-state index is 12.1. The Balaban J connectivity index is 2.82. The van der Waals surface area contributed by atoms with Crippen LogP contribution in [0, 0.1) is 0 Å². The number of hydrogen-bond donors (Lipinski definition) is 3. The summed E-state index contributed by atoms with van der Waals surface area (Å²) in [4.78, 5) is 10.9. The van der Waals surface area contributed by atoms with Crippen molar-refractivity contribution in [2.24, 2.45) is 0 Å². The smallest absolute Gasteiger partial charge is 0.240 e. The maximum Gasteiger partial charge on any atom is 0.240 e. The second-order valence-corrected chi connectivity index (χ2v) is 5.84. The zero-order valence-electron chi connectivity index (χ0n) is 11.1. The number of aryl methyl sites for hydroxylation is 1. The van der Waals surface area contributed by atoms with Crippen LogP contribution in [0.15, 0.2) is 23.1 Å². The fourth-order valence-electron chi connectivity index (χ4n) is 1.62. The highest BCUT2D eigenvalue weighted by Gasteiger charge is 2.17. The lowest BCUT2D eigenvalue weighted by molar-refractivity contribution is -0.118. The van der Waals surface area contributed by atoms with E-state index in [0.717, 1.165) is 0 Å². The van der Waals surface area contributed by atoms with Crippen LogP contribution in [0.2, 0.25) is 0 Å². The molecule has 7 heteroatoms. The first-order chi connectivity index (χ1) is 8.86. The van der Waals surface area contributed by atoms with E-state index in [2.05, 4.69) is 10.0 Å². The van der Waals surface area contributed by atoms with Crippen molar-refractivity contribution in [2.45, 2.75) is 25.2 Å². The third-order valence-corrected chi connectivity index (χ3v) is 4.10. The molecule has 4 N–H and O–H groups in total. The van der Waals surface area contributed by atoms with E-state index in [4.69, 9.17) is 5.73 Å². The Kier molecular flexibility index (Phi) is 5.31.